The van der Waals surface area contributed by atoms with Gasteiger partial charge in [-0.15, -0.1) is 0 Å². The number of phenols is 1. The lowest BCUT2D eigenvalue weighted by atomic mass is 10.1. The number of halogens is 3. The second kappa shape index (κ2) is 4.26. The summed E-state index contributed by atoms with van der Waals surface area (Å²) in [5.41, 5.74) is -0.655. The maximum Gasteiger partial charge on any atom is 0.374 e. The van der Waals surface area contributed by atoms with Gasteiger partial charge in [0, 0.05) is 11.6 Å². The highest BCUT2D eigenvalue weighted by Crippen LogP contribution is 2.35. The van der Waals surface area contributed by atoms with E-state index in [1.807, 2.05) is 0 Å². The summed E-state index contributed by atoms with van der Waals surface area (Å²) in [5.74, 6) is -5.91. The number of hydrogen-bond donors (Lipinski definition) is 2. The molecule has 0 radical (unpaired) electrons. The third-order valence-corrected chi connectivity index (χ3v) is 2.42. The molecule has 2 N–H and O–H groups in total. The van der Waals surface area contributed by atoms with Crippen molar-refractivity contribution in [3.63, 3.8) is 0 Å². The van der Waals surface area contributed by atoms with Gasteiger partial charge in [-0.1, -0.05) is 16.8 Å². The molecule has 0 fully saturated rings. The van der Waals surface area contributed by atoms with Gasteiger partial charge in [0.1, 0.15) is 5.69 Å². The van der Waals surface area contributed by atoms with Crippen LogP contribution in [-0.4, -0.2) is 21.3 Å². The van der Waals surface area contributed by atoms with Crippen LogP contribution in [0.2, 0.25) is 5.02 Å². The van der Waals surface area contributed by atoms with Crippen LogP contribution in [0.3, 0.4) is 0 Å². The minimum atomic E-state index is -1.54. The Morgan fingerprint density at radius 3 is 2.56 bits per heavy atom. The van der Waals surface area contributed by atoms with Gasteiger partial charge in [-0.25, -0.2) is 9.18 Å². The molecule has 0 amide bonds. The monoisotopic (exact) mass is 275 g/mol. The van der Waals surface area contributed by atoms with Crippen LogP contribution >= 0.6 is 11.6 Å². The quantitative estimate of drug-likeness (QED) is 0.823. The summed E-state index contributed by atoms with van der Waals surface area (Å²) in [4.78, 5) is 10.6. The number of carboxylic acid groups (broad SMARTS) is 1. The van der Waals surface area contributed by atoms with Crippen LogP contribution in [0, 0.1) is 11.6 Å². The van der Waals surface area contributed by atoms with Crippen molar-refractivity contribution in [1.29, 1.82) is 0 Å². The summed E-state index contributed by atoms with van der Waals surface area (Å²) in [5, 5.41) is 20.5. The number of aromatic hydroxyl groups is 1. The number of carboxylic acids is 1. The number of aromatic nitrogens is 1. The lowest BCUT2D eigenvalue weighted by Crippen LogP contribution is -1.93. The van der Waals surface area contributed by atoms with E-state index < -0.39 is 39.7 Å². The number of phenolic OH excluding ortho intramolecular Hbond substituents is 1. The third kappa shape index (κ3) is 1.88. The zero-order valence-corrected chi connectivity index (χ0v) is 9.20. The second-order valence-electron chi connectivity index (χ2n) is 3.26. The minimum Gasteiger partial charge on any atom is -0.504 e. The molecule has 1 aromatic carbocycles. The maximum absolute atomic E-state index is 13.5. The molecule has 8 heteroatoms. The van der Waals surface area contributed by atoms with Gasteiger partial charge in [0.2, 0.25) is 11.6 Å². The van der Waals surface area contributed by atoms with Gasteiger partial charge in [0.05, 0.1) is 5.02 Å². The van der Waals surface area contributed by atoms with Crippen molar-refractivity contribution in [2.75, 3.05) is 0 Å². The second-order valence-corrected chi connectivity index (χ2v) is 3.67. The fraction of sp³-hybridized carbons (Fsp3) is 0. The number of carbonyl (C=O) groups is 1. The third-order valence-electron chi connectivity index (χ3n) is 2.13. The van der Waals surface area contributed by atoms with E-state index in [4.69, 9.17) is 21.8 Å². The Balaban J connectivity index is 2.60. The first-order valence-electron chi connectivity index (χ1n) is 4.48. The van der Waals surface area contributed by atoms with E-state index in [1.54, 1.807) is 0 Å². The van der Waals surface area contributed by atoms with Gasteiger partial charge >= 0.3 is 5.97 Å². The highest BCUT2D eigenvalue weighted by Gasteiger charge is 2.21. The fourth-order valence-corrected chi connectivity index (χ4v) is 1.47. The molecule has 94 valence electrons. The molecule has 1 heterocycles. The van der Waals surface area contributed by atoms with Gasteiger partial charge in [-0.2, -0.15) is 4.39 Å². The zero-order valence-electron chi connectivity index (χ0n) is 8.45. The predicted molar refractivity (Wildman–Crippen MR) is 55.5 cm³/mol. The van der Waals surface area contributed by atoms with Crippen LogP contribution in [0.5, 0.6) is 5.75 Å². The van der Waals surface area contributed by atoms with E-state index in [2.05, 4.69) is 9.68 Å². The smallest absolute Gasteiger partial charge is 0.374 e. The van der Waals surface area contributed by atoms with Crippen molar-refractivity contribution in [1.82, 2.24) is 5.16 Å². The van der Waals surface area contributed by atoms with Crippen LogP contribution in [-0.2, 0) is 0 Å². The molecule has 0 unspecified atom stereocenters. The molecule has 2 rings (SSSR count). The van der Waals surface area contributed by atoms with Gasteiger partial charge < -0.3 is 14.7 Å². The molecular weight excluding hydrogens is 272 g/mol. The van der Waals surface area contributed by atoms with Crippen molar-refractivity contribution in [2.45, 2.75) is 0 Å². The lowest BCUT2D eigenvalue weighted by Gasteiger charge is -2.03. The molecule has 1 aromatic heterocycles. The van der Waals surface area contributed by atoms with Gasteiger partial charge in [0.15, 0.2) is 11.6 Å². The van der Waals surface area contributed by atoms with E-state index in [0.29, 0.717) is 0 Å². The molecule has 0 saturated heterocycles. The van der Waals surface area contributed by atoms with E-state index in [1.165, 1.54) is 0 Å². The van der Waals surface area contributed by atoms with Crippen LogP contribution in [0.4, 0.5) is 8.78 Å². The molecule has 0 aliphatic carbocycles. The number of aromatic carboxylic acids is 1. The van der Waals surface area contributed by atoms with E-state index in [0.717, 1.165) is 12.1 Å². The molecule has 0 bridgehead atoms. The van der Waals surface area contributed by atoms with Crippen molar-refractivity contribution in [2.24, 2.45) is 0 Å². The minimum absolute atomic E-state index is 0.245. The number of nitrogens with zero attached hydrogens (tertiary/aromatic N) is 1. The fourth-order valence-electron chi connectivity index (χ4n) is 1.27. The predicted octanol–water partition coefficient (Wildman–Crippen LogP) is 2.68. The topological polar surface area (TPSA) is 83.6 Å². The van der Waals surface area contributed by atoms with Crippen LogP contribution in [0.25, 0.3) is 11.3 Å². The molecule has 0 aliphatic rings. The molecule has 0 saturated carbocycles. The first-order valence-corrected chi connectivity index (χ1v) is 4.86. The molecule has 18 heavy (non-hydrogen) atoms. The van der Waals surface area contributed by atoms with Gasteiger partial charge in [-0.05, 0) is 6.07 Å². The van der Waals surface area contributed by atoms with Gasteiger partial charge in [-0.3, -0.25) is 0 Å². The molecule has 0 aliphatic heterocycles. The van der Waals surface area contributed by atoms with Gasteiger partial charge in [0.25, 0.3) is 0 Å². The van der Waals surface area contributed by atoms with Crippen molar-refractivity contribution >= 4 is 17.6 Å². The molecule has 0 atom stereocenters. The SMILES string of the molecule is O=C(O)c1cc(-c2cc(Cl)c(O)c(F)c2F)no1. The highest BCUT2D eigenvalue weighted by atomic mass is 35.5. The van der Waals surface area contributed by atoms with Crippen LogP contribution in [0.15, 0.2) is 16.7 Å². The highest BCUT2D eigenvalue weighted by molar-refractivity contribution is 6.32. The Kier molecular flexibility index (Phi) is 2.92. The van der Waals surface area contributed by atoms with Crippen LogP contribution in [0.1, 0.15) is 10.6 Å². The summed E-state index contributed by atoms with van der Waals surface area (Å²) in [7, 11) is 0. The Labute approximate surface area is 103 Å². The Bertz CT molecular complexity index is 641. The van der Waals surface area contributed by atoms with Crippen molar-refractivity contribution < 1.29 is 28.3 Å². The summed E-state index contributed by atoms with van der Waals surface area (Å²) >= 11 is 5.48. The summed E-state index contributed by atoms with van der Waals surface area (Å²) in [6.07, 6.45) is 0. The zero-order chi connectivity index (χ0) is 13.4. The Hall–Kier alpha value is -2.15. The molecule has 2 aromatic rings. The maximum atomic E-state index is 13.5. The number of benzene rings is 1. The van der Waals surface area contributed by atoms with Crippen molar-refractivity contribution in [3.05, 3.63) is 34.6 Å². The largest absolute Gasteiger partial charge is 0.504 e. The van der Waals surface area contributed by atoms with E-state index in [-0.39, 0.29) is 5.69 Å². The summed E-state index contributed by atoms with van der Waals surface area (Å²) < 4.78 is 31.1. The first-order chi connectivity index (χ1) is 8.41. The first kappa shape index (κ1) is 12.3. The lowest BCUT2D eigenvalue weighted by molar-refractivity contribution is 0.0652. The van der Waals surface area contributed by atoms with Crippen LogP contribution < -0.4 is 0 Å². The normalized spacial score (nSPS) is 10.6. The Morgan fingerprint density at radius 1 is 1.33 bits per heavy atom. The standard InChI is InChI=1S/C10H4ClF2NO4/c11-4-1-3(7(12)8(13)9(4)15)5-2-6(10(16)17)18-14-5/h1-2,15H,(H,16,17). The molecule has 0 spiro atoms. The summed E-state index contributed by atoms with van der Waals surface area (Å²) in [6, 6.07) is 1.83. The number of rotatable bonds is 2. The Morgan fingerprint density at radius 2 is 2.00 bits per heavy atom. The van der Waals surface area contributed by atoms with E-state index in [9.17, 15) is 13.6 Å². The average Bonchev–Trinajstić information content (AvgIpc) is 2.80. The number of hydrogen-bond acceptors (Lipinski definition) is 4. The van der Waals surface area contributed by atoms with Crippen molar-refractivity contribution in [3.8, 4) is 17.0 Å². The molecular formula is C10H4ClF2NO4. The summed E-state index contributed by atoms with van der Waals surface area (Å²) in [6.45, 7) is 0. The average molecular weight is 276 g/mol. The van der Waals surface area contributed by atoms with E-state index >= 15 is 0 Å². The molecule has 5 nitrogen and oxygen atoms in total.